The lowest BCUT2D eigenvalue weighted by Crippen LogP contribution is -2.44. The summed E-state index contributed by atoms with van der Waals surface area (Å²) in [5.74, 6) is 0.666. The Morgan fingerprint density at radius 1 is 0.585 bits per heavy atom. The normalized spacial score (nSPS) is 16.8. The molecule has 3 aromatic carbocycles. The summed E-state index contributed by atoms with van der Waals surface area (Å²) in [6.45, 7) is 13.4. The van der Waals surface area contributed by atoms with Crippen LogP contribution in [0.5, 0.6) is 0 Å². The van der Waals surface area contributed by atoms with E-state index in [-0.39, 0.29) is 0 Å². The lowest BCUT2D eigenvalue weighted by atomic mass is 10.1. The van der Waals surface area contributed by atoms with Gasteiger partial charge in [0, 0.05) is 94.7 Å². The predicted molar refractivity (Wildman–Crippen MR) is 219 cm³/mol. The van der Waals surface area contributed by atoms with E-state index < -0.39 is 0 Å². The first-order valence-corrected chi connectivity index (χ1v) is 19.4. The predicted octanol–water partition coefficient (Wildman–Crippen LogP) is 6.04. The number of fused-ring (bicyclic) bond motifs is 1. The van der Waals surface area contributed by atoms with Gasteiger partial charge < -0.3 is 19.6 Å². The van der Waals surface area contributed by atoms with E-state index in [2.05, 4.69) is 94.4 Å². The second kappa shape index (κ2) is 18.4. The van der Waals surface area contributed by atoms with E-state index in [9.17, 15) is 0 Å². The fraction of sp³-hybridized carbons (Fsp3) is 0.419. The van der Waals surface area contributed by atoms with Crippen molar-refractivity contribution in [1.29, 1.82) is 0 Å². The zero-order valence-corrected chi connectivity index (χ0v) is 31.5. The molecule has 2 fully saturated rings. The number of unbranched alkanes of at least 4 members (excludes halogenated alkanes) is 2. The monoisotopic (exact) mass is 710 g/mol. The molecule has 0 N–H and O–H groups in total. The maximum Gasteiger partial charge on any atom is 0.169 e. The molecular formula is C43H54N10. The third-order valence-electron chi connectivity index (χ3n) is 10.5. The van der Waals surface area contributed by atoms with E-state index in [1.165, 1.54) is 78.3 Å². The highest BCUT2D eigenvalue weighted by Gasteiger charge is 2.18. The summed E-state index contributed by atoms with van der Waals surface area (Å²) in [5.41, 5.74) is 7.49. The molecule has 2 aromatic heterocycles. The van der Waals surface area contributed by atoms with Gasteiger partial charge in [-0.15, -0.1) is 0 Å². The largest absolute Gasteiger partial charge is 0.304 e. The van der Waals surface area contributed by atoms with Gasteiger partial charge >= 0.3 is 0 Å². The van der Waals surface area contributed by atoms with E-state index in [0.717, 1.165) is 70.7 Å². The van der Waals surface area contributed by atoms with Crippen LogP contribution in [0.3, 0.4) is 0 Å². The fourth-order valence-electron chi connectivity index (χ4n) is 7.01. The highest BCUT2D eigenvalue weighted by Crippen LogP contribution is 2.30. The molecular weight excluding hydrogens is 657 g/mol. The second-order valence-electron chi connectivity index (χ2n) is 14.5. The van der Waals surface area contributed by atoms with Crippen LogP contribution in [0, 0.1) is 0 Å². The maximum atomic E-state index is 5.12. The first kappa shape index (κ1) is 36.7. The van der Waals surface area contributed by atoms with Crippen LogP contribution < -0.4 is 0 Å². The molecule has 0 radical (unpaired) electrons. The van der Waals surface area contributed by atoms with Crippen LogP contribution in [0.2, 0.25) is 0 Å². The highest BCUT2D eigenvalue weighted by molar-refractivity contribution is 5.91. The summed E-state index contributed by atoms with van der Waals surface area (Å²) < 4.78 is 2.04. The van der Waals surface area contributed by atoms with E-state index in [1.807, 2.05) is 41.5 Å². The van der Waals surface area contributed by atoms with Crippen molar-refractivity contribution in [2.75, 3.05) is 92.6 Å². The zero-order valence-electron chi connectivity index (χ0n) is 31.5. The zero-order chi connectivity index (χ0) is 36.2. The number of likely N-dealkylation sites (N-methyl/N-ethyl adjacent to an activating group) is 2. The summed E-state index contributed by atoms with van der Waals surface area (Å²) in [4.78, 5) is 34.4. The van der Waals surface area contributed by atoms with Crippen LogP contribution in [-0.2, 0) is 0 Å². The molecule has 276 valence electrons. The molecule has 0 atom stereocenters. The smallest absolute Gasteiger partial charge is 0.169 e. The molecule has 10 nitrogen and oxygen atoms in total. The molecule has 4 heterocycles. The third kappa shape index (κ3) is 10.1. The SMILES string of the molecule is CN1CCN(CCCC/N=C\c2ccc(-c3nc(-c4ccc(/C=N/CCCCN5CCN(C)CC5)cc4)nc4c3ncn4-c3ccccc3)cc2)CC1. The number of imidazole rings is 1. The fourth-order valence-corrected chi connectivity index (χ4v) is 7.01. The molecule has 0 unspecified atom stereocenters. The number of piperazine rings is 2. The first-order valence-electron chi connectivity index (χ1n) is 19.4. The topological polar surface area (TPSA) is 81.3 Å². The van der Waals surface area contributed by atoms with Gasteiger partial charge in [-0.2, -0.15) is 0 Å². The van der Waals surface area contributed by atoms with Gasteiger partial charge in [0.1, 0.15) is 17.5 Å². The van der Waals surface area contributed by atoms with Crippen molar-refractivity contribution in [2.24, 2.45) is 9.98 Å². The number of aromatic nitrogens is 4. The maximum absolute atomic E-state index is 5.12. The standard InChI is InChI=1S/C43H54N10/c1-49-24-28-51(29-25-49)22-8-6-20-44-32-35-12-16-37(17-13-35)40-41-43(53(34-46-41)39-10-4-3-5-11-39)48-42(47-40)38-18-14-36(15-19-38)33-45-21-7-9-23-52-30-26-50(2)27-31-52/h3-5,10-19,32-34H,6-9,20-31H2,1-2H3/b44-32-,45-33+. The van der Waals surface area contributed by atoms with Crippen molar-refractivity contribution < 1.29 is 0 Å². The Labute approximate surface area is 314 Å². The van der Waals surface area contributed by atoms with E-state index in [0.29, 0.717) is 5.82 Å². The molecule has 10 heteroatoms. The van der Waals surface area contributed by atoms with Crippen molar-refractivity contribution in [3.8, 4) is 28.3 Å². The number of hydrogen-bond acceptors (Lipinski definition) is 9. The van der Waals surface area contributed by atoms with Gasteiger partial charge in [-0.25, -0.2) is 15.0 Å². The van der Waals surface area contributed by atoms with Crippen LogP contribution in [0.25, 0.3) is 39.5 Å². The number of benzene rings is 3. The molecule has 5 aromatic rings. The average Bonchev–Trinajstić information content (AvgIpc) is 3.64. The molecule has 0 aliphatic carbocycles. The number of para-hydroxylation sites is 1. The molecule has 2 aliphatic heterocycles. The first-order chi connectivity index (χ1) is 26.1. The van der Waals surface area contributed by atoms with Crippen molar-refractivity contribution in [1.82, 2.24) is 39.1 Å². The quantitative estimate of drug-likeness (QED) is 0.0969. The van der Waals surface area contributed by atoms with E-state index >= 15 is 0 Å². The van der Waals surface area contributed by atoms with Gasteiger partial charge in [-0.05, 0) is 76.1 Å². The van der Waals surface area contributed by atoms with Crippen molar-refractivity contribution >= 4 is 23.6 Å². The van der Waals surface area contributed by atoms with Gasteiger partial charge in [0.15, 0.2) is 11.5 Å². The Kier molecular flexibility index (Phi) is 12.8. The Balaban J connectivity index is 1.01. The molecule has 7 rings (SSSR count). The summed E-state index contributed by atoms with van der Waals surface area (Å²) in [6.07, 6.45) is 10.4. The second-order valence-corrected chi connectivity index (χ2v) is 14.5. The molecule has 2 saturated heterocycles. The molecule has 0 amide bonds. The van der Waals surface area contributed by atoms with Gasteiger partial charge in [0.25, 0.3) is 0 Å². The molecule has 0 saturated carbocycles. The van der Waals surface area contributed by atoms with Gasteiger partial charge in [0.05, 0.1) is 0 Å². The van der Waals surface area contributed by atoms with E-state index in [1.54, 1.807) is 0 Å². The van der Waals surface area contributed by atoms with Crippen LogP contribution >= 0.6 is 0 Å². The van der Waals surface area contributed by atoms with Crippen LogP contribution in [0.1, 0.15) is 36.8 Å². The van der Waals surface area contributed by atoms with Gasteiger partial charge in [-0.3, -0.25) is 14.6 Å². The van der Waals surface area contributed by atoms with Crippen LogP contribution in [0.4, 0.5) is 0 Å². The number of aliphatic imine (C=N–C) groups is 2. The number of rotatable bonds is 15. The van der Waals surface area contributed by atoms with Gasteiger partial charge in [-0.1, -0.05) is 66.7 Å². The van der Waals surface area contributed by atoms with Crippen LogP contribution in [-0.4, -0.2) is 144 Å². The molecule has 2 aliphatic rings. The van der Waals surface area contributed by atoms with E-state index in [4.69, 9.17) is 24.9 Å². The molecule has 0 bridgehead atoms. The highest BCUT2D eigenvalue weighted by atomic mass is 15.2. The van der Waals surface area contributed by atoms with Crippen molar-refractivity contribution in [3.63, 3.8) is 0 Å². The summed E-state index contributed by atoms with van der Waals surface area (Å²) in [7, 11) is 4.41. The Hall–Kier alpha value is -4.61. The lowest BCUT2D eigenvalue weighted by Gasteiger charge is -2.32. The minimum Gasteiger partial charge on any atom is -0.304 e. The number of hydrogen-bond donors (Lipinski definition) is 0. The summed E-state index contributed by atoms with van der Waals surface area (Å²) in [6, 6.07) is 27.1. The number of nitrogens with zero attached hydrogens (tertiary/aromatic N) is 10. The molecule has 0 spiro atoms. The minimum absolute atomic E-state index is 0.666. The summed E-state index contributed by atoms with van der Waals surface area (Å²) in [5, 5.41) is 0. The van der Waals surface area contributed by atoms with Crippen molar-refractivity contribution in [2.45, 2.75) is 25.7 Å². The minimum atomic E-state index is 0.666. The third-order valence-corrected chi connectivity index (χ3v) is 10.5. The average molecular weight is 711 g/mol. The molecule has 53 heavy (non-hydrogen) atoms. The Morgan fingerprint density at radius 3 is 1.66 bits per heavy atom. The Morgan fingerprint density at radius 2 is 1.11 bits per heavy atom. The van der Waals surface area contributed by atoms with Gasteiger partial charge in [0.2, 0.25) is 0 Å². The van der Waals surface area contributed by atoms with Crippen molar-refractivity contribution in [3.05, 3.63) is 96.3 Å². The Bertz CT molecular complexity index is 1920. The van der Waals surface area contributed by atoms with Crippen LogP contribution in [0.15, 0.2) is 95.2 Å². The lowest BCUT2D eigenvalue weighted by molar-refractivity contribution is 0.152. The summed E-state index contributed by atoms with van der Waals surface area (Å²) >= 11 is 0.